The van der Waals surface area contributed by atoms with E-state index in [0.29, 0.717) is 6.54 Å². The van der Waals surface area contributed by atoms with Crippen LogP contribution < -0.4 is 11.0 Å². The molecular formula is C7H10N4O2. The van der Waals surface area contributed by atoms with Crippen molar-refractivity contribution in [3.63, 3.8) is 0 Å². The van der Waals surface area contributed by atoms with Gasteiger partial charge in [-0.15, -0.1) is 11.7 Å². The van der Waals surface area contributed by atoms with Gasteiger partial charge in [-0.2, -0.15) is 0 Å². The van der Waals surface area contributed by atoms with Gasteiger partial charge in [-0.05, 0) is 0 Å². The highest BCUT2D eigenvalue weighted by Gasteiger charge is 2.09. The first-order valence-corrected chi connectivity index (χ1v) is 3.67. The smallest absolute Gasteiger partial charge is 0.343 e. The Morgan fingerprint density at radius 2 is 2.54 bits per heavy atom. The van der Waals surface area contributed by atoms with E-state index in [9.17, 15) is 9.59 Å². The maximum Gasteiger partial charge on any atom is 0.343 e. The number of aromatic amines is 1. The van der Waals surface area contributed by atoms with E-state index in [1.807, 2.05) is 0 Å². The van der Waals surface area contributed by atoms with Crippen LogP contribution in [0.15, 0.2) is 17.4 Å². The summed E-state index contributed by atoms with van der Waals surface area (Å²) in [7, 11) is 1.46. The quantitative estimate of drug-likeness (QED) is 0.590. The second-order valence-corrected chi connectivity index (χ2v) is 2.40. The molecule has 0 aliphatic heterocycles. The average Bonchev–Trinajstić information content (AvgIpc) is 2.43. The molecule has 1 rings (SSSR count). The second kappa shape index (κ2) is 3.70. The Bertz CT molecular complexity index is 376. The van der Waals surface area contributed by atoms with E-state index in [4.69, 9.17) is 0 Å². The summed E-state index contributed by atoms with van der Waals surface area (Å²) in [6.45, 7) is 3.78. The van der Waals surface area contributed by atoms with Gasteiger partial charge in [0.1, 0.15) is 0 Å². The van der Waals surface area contributed by atoms with Gasteiger partial charge in [0.2, 0.25) is 5.82 Å². The van der Waals surface area contributed by atoms with Crippen molar-refractivity contribution in [2.45, 2.75) is 0 Å². The second-order valence-electron chi connectivity index (χ2n) is 2.40. The molecular weight excluding hydrogens is 172 g/mol. The zero-order chi connectivity index (χ0) is 9.84. The third-order valence-corrected chi connectivity index (χ3v) is 1.39. The standard InChI is InChI=1S/C7H10N4O2/c1-3-4-8-6(12)5-9-7(13)11(2)10-5/h3H,1,4H2,2H3,(H,8,12)(H,9,10,13). The van der Waals surface area contributed by atoms with Gasteiger partial charge in [-0.25, -0.2) is 9.48 Å². The van der Waals surface area contributed by atoms with Crippen molar-refractivity contribution in [1.82, 2.24) is 20.1 Å². The van der Waals surface area contributed by atoms with Crippen LogP contribution in [0.4, 0.5) is 0 Å². The van der Waals surface area contributed by atoms with Crippen molar-refractivity contribution < 1.29 is 4.79 Å². The van der Waals surface area contributed by atoms with Crippen molar-refractivity contribution in [2.24, 2.45) is 7.05 Å². The fraction of sp³-hybridized carbons (Fsp3) is 0.286. The summed E-state index contributed by atoms with van der Waals surface area (Å²) < 4.78 is 1.06. The molecule has 1 aromatic heterocycles. The average molecular weight is 182 g/mol. The highest BCUT2D eigenvalue weighted by molar-refractivity contribution is 5.90. The monoisotopic (exact) mass is 182 g/mol. The summed E-state index contributed by atoms with van der Waals surface area (Å²) in [4.78, 5) is 24.3. The summed E-state index contributed by atoms with van der Waals surface area (Å²) in [5.74, 6) is -0.410. The van der Waals surface area contributed by atoms with E-state index in [2.05, 4.69) is 22.0 Å². The first-order chi connectivity index (χ1) is 6.15. The van der Waals surface area contributed by atoms with Gasteiger partial charge in [0.25, 0.3) is 5.91 Å². The Morgan fingerprint density at radius 1 is 1.85 bits per heavy atom. The zero-order valence-electron chi connectivity index (χ0n) is 7.20. The van der Waals surface area contributed by atoms with Gasteiger partial charge in [-0.1, -0.05) is 6.08 Å². The Kier molecular flexibility index (Phi) is 2.63. The van der Waals surface area contributed by atoms with Gasteiger partial charge < -0.3 is 5.32 Å². The van der Waals surface area contributed by atoms with Crippen LogP contribution in [0.25, 0.3) is 0 Å². The number of aryl methyl sites for hydroxylation is 1. The molecule has 6 nitrogen and oxygen atoms in total. The predicted molar refractivity (Wildman–Crippen MR) is 46.4 cm³/mol. The predicted octanol–water partition coefficient (Wildman–Crippen LogP) is -0.976. The maximum absolute atomic E-state index is 11.2. The van der Waals surface area contributed by atoms with Crippen LogP contribution in [0.5, 0.6) is 0 Å². The van der Waals surface area contributed by atoms with Gasteiger partial charge in [-0.3, -0.25) is 9.78 Å². The molecule has 0 unspecified atom stereocenters. The first-order valence-electron chi connectivity index (χ1n) is 3.67. The summed E-state index contributed by atoms with van der Waals surface area (Å²) in [6, 6.07) is 0. The highest BCUT2D eigenvalue weighted by atomic mass is 16.2. The molecule has 6 heteroatoms. The zero-order valence-corrected chi connectivity index (χ0v) is 7.20. The molecule has 0 saturated carbocycles. The molecule has 0 aliphatic rings. The topological polar surface area (TPSA) is 79.8 Å². The maximum atomic E-state index is 11.2. The number of hydrogen-bond donors (Lipinski definition) is 2. The molecule has 0 bridgehead atoms. The number of hydrogen-bond acceptors (Lipinski definition) is 3. The van der Waals surface area contributed by atoms with Crippen LogP contribution in [0.1, 0.15) is 10.6 Å². The molecule has 1 heterocycles. The number of carbonyl (C=O) groups excluding carboxylic acids is 1. The molecule has 0 aliphatic carbocycles. The molecule has 0 aromatic carbocycles. The number of H-pyrrole nitrogens is 1. The molecule has 0 radical (unpaired) electrons. The number of aromatic nitrogens is 3. The summed E-state index contributed by atoms with van der Waals surface area (Å²) in [5, 5.41) is 6.15. The molecule has 1 aromatic rings. The Balaban J connectivity index is 2.77. The van der Waals surface area contributed by atoms with E-state index < -0.39 is 11.6 Å². The molecule has 13 heavy (non-hydrogen) atoms. The summed E-state index contributed by atoms with van der Waals surface area (Å²) >= 11 is 0. The number of rotatable bonds is 3. The van der Waals surface area contributed by atoms with Crippen molar-refractivity contribution in [2.75, 3.05) is 6.54 Å². The van der Waals surface area contributed by atoms with Crippen molar-refractivity contribution in [1.29, 1.82) is 0 Å². The van der Waals surface area contributed by atoms with E-state index in [1.54, 1.807) is 6.08 Å². The highest BCUT2D eigenvalue weighted by Crippen LogP contribution is 1.82. The number of nitrogens with zero attached hydrogens (tertiary/aromatic N) is 2. The van der Waals surface area contributed by atoms with Gasteiger partial charge >= 0.3 is 5.69 Å². The van der Waals surface area contributed by atoms with Crippen molar-refractivity contribution >= 4 is 5.91 Å². The normalized spacial score (nSPS) is 9.62. The molecule has 0 saturated heterocycles. The number of amides is 1. The van der Waals surface area contributed by atoms with Crippen LogP contribution in [0.3, 0.4) is 0 Å². The SMILES string of the molecule is C=CCNC(=O)c1nn(C)c(=O)[nH]1. The van der Waals surface area contributed by atoms with Crippen LogP contribution >= 0.6 is 0 Å². The number of carbonyl (C=O) groups is 1. The van der Waals surface area contributed by atoms with Crippen LogP contribution in [-0.2, 0) is 7.05 Å². The molecule has 0 spiro atoms. The fourth-order valence-corrected chi connectivity index (χ4v) is 0.753. The lowest BCUT2D eigenvalue weighted by molar-refractivity contribution is 0.0947. The van der Waals surface area contributed by atoms with Crippen LogP contribution in [0.2, 0.25) is 0 Å². The largest absolute Gasteiger partial charge is 0.346 e. The third-order valence-electron chi connectivity index (χ3n) is 1.39. The first kappa shape index (κ1) is 9.24. The third kappa shape index (κ3) is 2.05. The lowest BCUT2D eigenvalue weighted by Gasteiger charge is -1.95. The minimum atomic E-state index is -0.419. The van der Waals surface area contributed by atoms with E-state index in [-0.39, 0.29) is 5.82 Å². The van der Waals surface area contributed by atoms with E-state index in [0.717, 1.165) is 4.68 Å². The van der Waals surface area contributed by atoms with Crippen molar-refractivity contribution in [3.05, 3.63) is 29.0 Å². The lowest BCUT2D eigenvalue weighted by atomic mass is 10.5. The molecule has 1 amide bonds. The van der Waals surface area contributed by atoms with Crippen LogP contribution in [0, 0.1) is 0 Å². The Hall–Kier alpha value is -1.85. The molecule has 70 valence electrons. The van der Waals surface area contributed by atoms with Gasteiger partial charge in [0, 0.05) is 13.6 Å². The van der Waals surface area contributed by atoms with E-state index in [1.165, 1.54) is 7.05 Å². The van der Waals surface area contributed by atoms with Crippen LogP contribution in [-0.4, -0.2) is 27.2 Å². The van der Waals surface area contributed by atoms with E-state index >= 15 is 0 Å². The van der Waals surface area contributed by atoms with Gasteiger partial charge in [0.15, 0.2) is 0 Å². The fourth-order valence-electron chi connectivity index (χ4n) is 0.753. The Morgan fingerprint density at radius 3 is 3.00 bits per heavy atom. The summed E-state index contributed by atoms with van der Waals surface area (Å²) in [6.07, 6.45) is 1.54. The molecule has 2 N–H and O–H groups in total. The Labute approximate surface area is 74.3 Å². The minimum Gasteiger partial charge on any atom is -0.346 e. The van der Waals surface area contributed by atoms with Crippen molar-refractivity contribution in [3.8, 4) is 0 Å². The minimum absolute atomic E-state index is 0.00866. The van der Waals surface area contributed by atoms with Gasteiger partial charge in [0.05, 0.1) is 0 Å². The molecule has 0 fully saturated rings. The molecule has 0 atom stereocenters. The lowest BCUT2D eigenvalue weighted by Crippen LogP contribution is -2.24. The number of nitrogens with one attached hydrogen (secondary N) is 2. The summed E-state index contributed by atoms with van der Waals surface area (Å²) in [5.41, 5.74) is -0.413.